The first-order valence-corrected chi connectivity index (χ1v) is 20.2. The van der Waals surface area contributed by atoms with E-state index in [9.17, 15) is 39.9 Å². The van der Waals surface area contributed by atoms with E-state index >= 15 is 0 Å². The molecule has 0 radical (unpaired) electrons. The largest absolute Gasteiger partial charge is 0.450 e. The standard InChI is InChI=1S/C40H62N2O14/c1-5-12-27(37(49)42-17-11-18-42)52-35-31(46)29(21-43)54-40(36(35)55-38(50)24-13-8-7-9-14-24)53-28-20-25(26(44)15-10-16-41-4)19-23(6-2)34(28)56-39-33(48)32(47)30(45)22(3)51-39/h7-9,13-14,22-23,25,27-36,39-41,43,45-48H,5-6,10-12,15-21H2,1-4H3/t22?,23?,25?,27-,28+,29-,30+,31-,32-,33?,34+,35?,36?,39-,40+/m0/s1. The Morgan fingerprint density at radius 2 is 1.64 bits per heavy atom. The minimum atomic E-state index is -1.61. The fourth-order valence-electron chi connectivity index (χ4n) is 8.04. The first-order chi connectivity index (χ1) is 26.9. The molecule has 16 heteroatoms. The number of amides is 1. The van der Waals surface area contributed by atoms with Crippen LogP contribution in [-0.2, 0) is 38.0 Å². The zero-order valence-corrected chi connectivity index (χ0v) is 32.9. The van der Waals surface area contributed by atoms with Gasteiger partial charge in [-0.25, -0.2) is 4.79 Å². The van der Waals surface area contributed by atoms with Gasteiger partial charge in [-0.1, -0.05) is 44.9 Å². The molecule has 1 saturated carbocycles. The third-order valence-corrected chi connectivity index (χ3v) is 11.5. The molecular formula is C40H62N2O14. The molecule has 3 heterocycles. The average Bonchev–Trinajstić information content (AvgIpc) is 3.17. The van der Waals surface area contributed by atoms with Gasteiger partial charge in [-0.3, -0.25) is 9.59 Å². The SMILES string of the molecule is CCC[C@H](OC1C(OC(=O)c2ccccc2)[C@H](O[C@@H]2CC(C(=O)CCCNC)CC(CC)[C@H]2O[C@@H]2OC(C)[C@@H](O)[C@H](O)C2O)O[C@@H](CO)[C@@H]1O)C(=O)N1CCC1. The fourth-order valence-corrected chi connectivity index (χ4v) is 8.04. The van der Waals surface area contributed by atoms with Crippen molar-refractivity contribution in [3.8, 4) is 0 Å². The molecule has 1 aromatic carbocycles. The summed E-state index contributed by atoms with van der Waals surface area (Å²) in [5.41, 5.74) is 0.195. The third kappa shape index (κ3) is 10.5. The van der Waals surface area contributed by atoms with Crippen LogP contribution in [0.2, 0.25) is 0 Å². The first-order valence-electron chi connectivity index (χ1n) is 20.2. The number of aliphatic hydroxyl groups excluding tert-OH is 5. The van der Waals surface area contributed by atoms with Gasteiger partial charge in [0.25, 0.3) is 5.91 Å². The van der Waals surface area contributed by atoms with Crippen LogP contribution in [0.1, 0.15) is 82.5 Å². The lowest BCUT2D eigenvalue weighted by Crippen LogP contribution is -2.64. The molecule has 3 saturated heterocycles. The van der Waals surface area contributed by atoms with Gasteiger partial charge in [-0.15, -0.1) is 0 Å². The normalized spacial score (nSPS) is 36.7. The van der Waals surface area contributed by atoms with Gasteiger partial charge in [-0.2, -0.15) is 0 Å². The van der Waals surface area contributed by atoms with Gasteiger partial charge in [-0.05, 0) is 70.7 Å². The van der Waals surface area contributed by atoms with Crippen molar-refractivity contribution >= 4 is 17.7 Å². The van der Waals surface area contributed by atoms with Crippen LogP contribution in [0.3, 0.4) is 0 Å². The molecule has 1 aromatic rings. The highest BCUT2D eigenvalue weighted by atomic mass is 16.7. The Kier molecular flexibility index (Phi) is 16.6. The zero-order valence-electron chi connectivity index (χ0n) is 32.9. The number of aliphatic hydroxyl groups is 5. The van der Waals surface area contributed by atoms with Gasteiger partial charge in [0.1, 0.15) is 48.5 Å². The number of likely N-dealkylation sites (tertiary alicyclic amines) is 1. The number of benzene rings is 1. The monoisotopic (exact) mass is 794 g/mol. The number of carbonyl (C=O) groups excluding carboxylic acids is 3. The zero-order chi connectivity index (χ0) is 40.5. The Balaban J connectivity index is 1.51. The second kappa shape index (κ2) is 20.9. The summed E-state index contributed by atoms with van der Waals surface area (Å²) in [5.74, 6) is -1.81. The van der Waals surface area contributed by atoms with Gasteiger partial charge in [0.2, 0.25) is 0 Å². The number of ether oxygens (including phenoxy) is 6. The molecule has 5 rings (SSSR count). The Morgan fingerprint density at radius 1 is 0.911 bits per heavy atom. The maximum absolute atomic E-state index is 13.7. The summed E-state index contributed by atoms with van der Waals surface area (Å²) in [6, 6.07) is 8.18. The number of nitrogens with one attached hydrogen (secondary N) is 1. The Morgan fingerprint density at radius 3 is 2.27 bits per heavy atom. The van der Waals surface area contributed by atoms with E-state index in [0.29, 0.717) is 58.2 Å². The molecule has 6 N–H and O–H groups in total. The lowest BCUT2D eigenvalue weighted by atomic mass is 9.74. The second-order valence-corrected chi connectivity index (χ2v) is 15.5. The maximum Gasteiger partial charge on any atom is 0.338 e. The molecule has 15 atom stereocenters. The van der Waals surface area contributed by atoms with Crippen LogP contribution in [0, 0.1) is 11.8 Å². The topological polar surface area (TPSA) is 223 Å². The van der Waals surface area contributed by atoms with E-state index in [2.05, 4.69) is 5.32 Å². The summed E-state index contributed by atoms with van der Waals surface area (Å²) >= 11 is 0. The maximum atomic E-state index is 13.7. The molecule has 56 heavy (non-hydrogen) atoms. The van der Waals surface area contributed by atoms with Crippen molar-refractivity contribution in [1.29, 1.82) is 0 Å². The van der Waals surface area contributed by atoms with Crippen molar-refractivity contribution < 1.29 is 68.3 Å². The van der Waals surface area contributed by atoms with Crippen LogP contribution in [0.4, 0.5) is 0 Å². The van der Waals surface area contributed by atoms with E-state index in [1.54, 1.807) is 42.2 Å². The van der Waals surface area contributed by atoms with Gasteiger partial charge in [0, 0.05) is 25.4 Å². The van der Waals surface area contributed by atoms with Crippen LogP contribution in [-0.4, -0.2) is 161 Å². The van der Waals surface area contributed by atoms with E-state index in [1.165, 1.54) is 0 Å². The molecule has 0 aromatic heterocycles. The van der Waals surface area contributed by atoms with Crippen molar-refractivity contribution in [3.05, 3.63) is 35.9 Å². The fraction of sp³-hybridized carbons (Fsp3) is 0.775. The van der Waals surface area contributed by atoms with Gasteiger partial charge in [0.05, 0.1) is 30.5 Å². The van der Waals surface area contributed by atoms with Crippen molar-refractivity contribution in [3.63, 3.8) is 0 Å². The average molecular weight is 795 g/mol. The number of ketones is 1. The predicted molar refractivity (Wildman–Crippen MR) is 199 cm³/mol. The summed E-state index contributed by atoms with van der Waals surface area (Å²) in [5, 5.41) is 57.1. The highest BCUT2D eigenvalue weighted by Crippen LogP contribution is 2.40. The van der Waals surface area contributed by atoms with Crippen molar-refractivity contribution in [2.75, 3.05) is 33.3 Å². The van der Waals surface area contributed by atoms with E-state index in [1.807, 2.05) is 20.9 Å². The molecule has 316 valence electrons. The summed E-state index contributed by atoms with van der Waals surface area (Å²) in [7, 11) is 1.81. The number of rotatable bonds is 18. The van der Waals surface area contributed by atoms with E-state index in [4.69, 9.17) is 28.4 Å². The van der Waals surface area contributed by atoms with E-state index in [0.717, 1.165) is 6.42 Å². The van der Waals surface area contributed by atoms with Crippen LogP contribution < -0.4 is 5.32 Å². The predicted octanol–water partition coefficient (Wildman–Crippen LogP) is 0.679. The van der Waals surface area contributed by atoms with Crippen molar-refractivity contribution in [2.45, 2.75) is 152 Å². The number of esters is 1. The molecule has 3 aliphatic heterocycles. The Bertz CT molecular complexity index is 1400. The summed E-state index contributed by atoms with van der Waals surface area (Å²) < 4.78 is 37.7. The summed E-state index contributed by atoms with van der Waals surface area (Å²) in [6.07, 6.45) is -13.1. The first kappa shape index (κ1) is 44.5. The highest BCUT2D eigenvalue weighted by molar-refractivity contribution is 5.89. The third-order valence-electron chi connectivity index (χ3n) is 11.5. The van der Waals surface area contributed by atoms with Crippen LogP contribution in [0.15, 0.2) is 30.3 Å². The molecule has 16 nitrogen and oxygen atoms in total. The van der Waals surface area contributed by atoms with Crippen molar-refractivity contribution in [1.82, 2.24) is 10.2 Å². The molecule has 6 unspecified atom stereocenters. The molecular weight excluding hydrogens is 732 g/mol. The minimum Gasteiger partial charge on any atom is -0.450 e. The molecule has 4 aliphatic rings. The Hall–Kier alpha value is -2.61. The number of Topliss-reactive ketones (excluding diaryl/α,β-unsaturated/α-hetero) is 1. The number of hydrogen-bond donors (Lipinski definition) is 6. The van der Waals surface area contributed by atoms with Crippen LogP contribution in [0.25, 0.3) is 0 Å². The minimum absolute atomic E-state index is 0.0280. The number of carbonyl (C=O) groups is 3. The summed E-state index contributed by atoms with van der Waals surface area (Å²) in [4.78, 5) is 42.6. The smallest absolute Gasteiger partial charge is 0.338 e. The number of nitrogens with zero attached hydrogens (tertiary/aromatic N) is 1. The van der Waals surface area contributed by atoms with E-state index in [-0.39, 0.29) is 29.6 Å². The van der Waals surface area contributed by atoms with E-state index < -0.39 is 98.2 Å². The Labute approximate surface area is 328 Å². The molecule has 1 amide bonds. The molecule has 4 fully saturated rings. The summed E-state index contributed by atoms with van der Waals surface area (Å²) in [6.45, 7) is 6.49. The van der Waals surface area contributed by atoms with Crippen molar-refractivity contribution in [2.24, 2.45) is 11.8 Å². The molecule has 0 spiro atoms. The van der Waals surface area contributed by atoms with Crippen LogP contribution >= 0.6 is 0 Å². The second-order valence-electron chi connectivity index (χ2n) is 15.5. The lowest BCUT2D eigenvalue weighted by Gasteiger charge is -2.49. The van der Waals surface area contributed by atoms with Gasteiger partial charge in [0.15, 0.2) is 18.7 Å². The van der Waals surface area contributed by atoms with Crippen LogP contribution in [0.5, 0.6) is 0 Å². The lowest BCUT2D eigenvalue weighted by molar-refractivity contribution is -0.349. The highest BCUT2D eigenvalue weighted by Gasteiger charge is 2.54. The molecule has 1 aliphatic carbocycles. The quantitative estimate of drug-likeness (QED) is 0.0889. The van der Waals surface area contributed by atoms with Gasteiger partial charge < -0.3 is 64.2 Å². The van der Waals surface area contributed by atoms with Gasteiger partial charge >= 0.3 is 5.97 Å². The number of hydrogen-bond acceptors (Lipinski definition) is 15. The molecule has 0 bridgehead atoms.